The van der Waals surface area contributed by atoms with Gasteiger partial charge in [-0.05, 0) is 30.7 Å². The zero-order valence-corrected chi connectivity index (χ0v) is 15.5. The van der Waals surface area contributed by atoms with Crippen LogP contribution in [0.15, 0.2) is 53.7 Å². The number of carbonyl (C=O) groups is 1. The number of sulfonamides is 1. The van der Waals surface area contributed by atoms with E-state index in [-0.39, 0.29) is 16.5 Å². The van der Waals surface area contributed by atoms with Crippen LogP contribution in [-0.2, 0) is 10.0 Å². The number of nitrogens with zero attached hydrogens (tertiary/aromatic N) is 3. The van der Waals surface area contributed by atoms with E-state index in [4.69, 9.17) is 22.1 Å². The molecule has 0 aliphatic carbocycles. The number of rotatable bonds is 4. The highest BCUT2D eigenvalue weighted by molar-refractivity contribution is 7.92. The standard InChI is InChI=1S/C16H14ClN5O4S/c1-10-6-5-9-12(17)13(10)21-27(24,25)15-19-14(18)22(20-15)16(23)26-11-7-3-2-4-8-11/h2-9,21H,1H3,(H2,18,19,20). The number of hydrogen-bond acceptors (Lipinski definition) is 7. The van der Waals surface area contributed by atoms with Crippen LogP contribution in [0.4, 0.5) is 16.4 Å². The van der Waals surface area contributed by atoms with Crippen molar-refractivity contribution in [3.8, 4) is 5.75 Å². The monoisotopic (exact) mass is 407 g/mol. The number of halogens is 1. The van der Waals surface area contributed by atoms with Crippen molar-refractivity contribution in [2.45, 2.75) is 12.1 Å². The van der Waals surface area contributed by atoms with E-state index in [0.717, 1.165) is 0 Å². The predicted octanol–water partition coefficient (Wildman–Crippen LogP) is 2.67. The molecule has 0 bridgehead atoms. The van der Waals surface area contributed by atoms with Gasteiger partial charge in [0.25, 0.3) is 15.2 Å². The van der Waals surface area contributed by atoms with E-state index in [1.165, 1.54) is 6.07 Å². The molecule has 1 aromatic heterocycles. The van der Waals surface area contributed by atoms with Gasteiger partial charge in [0, 0.05) is 0 Å². The summed E-state index contributed by atoms with van der Waals surface area (Å²) in [7, 11) is -4.23. The van der Waals surface area contributed by atoms with Gasteiger partial charge in [-0.2, -0.15) is 13.4 Å². The molecule has 3 rings (SSSR count). The Bertz CT molecular complexity index is 1080. The van der Waals surface area contributed by atoms with Crippen LogP contribution in [-0.4, -0.2) is 29.3 Å². The number of nitrogens with two attached hydrogens (primary N) is 1. The molecule has 0 aliphatic heterocycles. The maximum Gasteiger partial charge on any atom is 0.443 e. The number of ether oxygens (including phenoxy) is 1. The molecule has 0 fully saturated rings. The lowest BCUT2D eigenvalue weighted by Gasteiger charge is -2.09. The molecule has 9 nitrogen and oxygen atoms in total. The van der Waals surface area contributed by atoms with Gasteiger partial charge in [-0.25, -0.2) is 4.79 Å². The fraction of sp³-hybridized carbons (Fsp3) is 0.0625. The number of anilines is 2. The molecule has 0 atom stereocenters. The number of hydrogen-bond donors (Lipinski definition) is 2. The van der Waals surface area contributed by atoms with Crippen LogP contribution in [0.2, 0.25) is 5.02 Å². The van der Waals surface area contributed by atoms with Crippen LogP contribution >= 0.6 is 11.6 Å². The quantitative estimate of drug-likeness (QED) is 0.679. The SMILES string of the molecule is Cc1cccc(Cl)c1NS(=O)(=O)c1nc(N)n(C(=O)Oc2ccccc2)n1. The molecule has 3 aromatic rings. The summed E-state index contributed by atoms with van der Waals surface area (Å²) in [4.78, 5) is 15.8. The van der Waals surface area contributed by atoms with Crippen LogP contribution in [0.3, 0.4) is 0 Å². The Balaban J connectivity index is 1.87. The highest BCUT2D eigenvalue weighted by Gasteiger charge is 2.26. The third-order valence-electron chi connectivity index (χ3n) is 3.43. The largest absolute Gasteiger partial charge is 0.443 e. The van der Waals surface area contributed by atoms with Gasteiger partial charge < -0.3 is 10.5 Å². The van der Waals surface area contributed by atoms with Gasteiger partial charge >= 0.3 is 6.09 Å². The normalized spacial score (nSPS) is 11.2. The number of nitrogens with one attached hydrogen (secondary N) is 1. The number of para-hydroxylation sites is 2. The van der Waals surface area contributed by atoms with Crippen molar-refractivity contribution < 1.29 is 17.9 Å². The van der Waals surface area contributed by atoms with Gasteiger partial charge in [-0.15, -0.1) is 9.78 Å². The Labute approximate surface area is 159 Å². The molecule has 1 heterocycles. The van der Waals surface area contributed by atoms with Gasteiger partial charge in [0.1, 0.15) is 5.75 Å². The number of carbonyl (C=O) groups excluding carboxylic acids is 1. The number of aromatic nitrogens is 3. The molecule has 27 heavy (non-hydrogen) atoms. The van der Waals surface area contributed by atoms with Gasteiger partial charge in [0.15, 0.2) is 0 Å². The third-order valence-corrected chi connectivity index (χ3v) is 4.87. The molecule has 140 valence electrons. The molecule has 2 aromatic carbocycles. The maximum absolute atomic E-state index is 12.5. The molecule has 0 spiro atoms. The lowest BCUT2D eigenvalue weighted by Crippen LogP contribution is -2.21. The smallest absolute Gasteiger partial charge is 0.409 e. The average Bonchev–Trinajstić information content (AvgIpc) is 3.02. The number of nitrogen functional groups attached to an aromatic ring is 1. The molecule has 0 radical (unpaired) electrons. The van der Waals surface area contributed by atoms with E-state index in [9.17, 15) is 13.2 Å². The summed E-state index contributed by atoms with van der Waals surface area (Å²) < 4.78 is 33.0. The first-order valence-corrected chi connectivity index (χ1v) is 9.42. The van der Waals surface area contributed by atoms with Crippen LogP contribution in [0.5, 0.6) is 5.75 Å². The molecule has 11 heteroatoms. The van der Waals surface area contributed by atoms with Crippen LogP contribution < -0.4 is 15.2 Å². The highest BCUT2D eigenvalue weighted by atomic mass is 35.5. The van der Waals surface area contributed by atoms with Crippen molar-refractivity contribution in [2.24, 2.45) is 0 Å². The van der Waals surface area contributed by atoms with E-state index in [1.807, 2.05) is 0 Å². The molecule has 3 N–H and O–H groups in total. The average molecular weight is 408 g/mol. The summed E-state index contributed by atoms with van der Waals surface area (Å²) in [5.41, 5.74) is 6.40. The first-order chi connectivity index (χ1) is 12.8. The van der Waals surface area contributed by atoms with E-state index in [1.54, 1.807) is 49.4 Å². The molecule has 0 saturated heterocycles. The summed E-state index contributed by atoms with van der Waals surface area (Å²) in [6, 6.07) is 13.1. The highest BCUT2D eigenvalue weighted by Crippen LogP contribution is 2.27. The summed E-state index contributed by atoms with van der Waals surface area (Å²) in [5.74, 6) is -0.196. The van der Waals surface area contributed by atoms with Crippen molar-refractivity contribution in [1.82, 2.24) is 14.8 Å². The van der Waals surface area contributed by atoms with Gasteiger partial charge in [0.2, 0.25) is 5.95 Å². The van der Waals surface area contributed by atoms with Crippen molar-refractivity contribution in [1.29, 1.82) is 0 Å². The van der Waals surface area contributed by atoms with E-state index < -0.39 is 27.2 Å². The number of benzene rings is 2. The second kappa shape index (κ2) is 7.25. The summed E-state index contributed by atoms with van der Waals surface area (Å²) in [5, 5.41) is 3.16. The van der Waals surface area contributed by atoms with Gasteiger partial charge in [-0.1, -0.05) is 41.9 Å². The zero-order valence-electron chi connectivity index (χ0n) is 14.0. The molecule has 0 aliphatic rings. The Hall–Kier alpha value is -3.11. The molecular formula is C16H14ClN5O4S. The molecule has 0 unspecified atom stereocenters. The summed E-state index contributed by atoms with van der Waals surface area (Å²) >= 11 is 6.03. The van der Waals surface area contributed by atoms with Crippen LogP contribution in [0.25, 0.3) is 0 Å². The Kier molecular flexibility index (Phi) is 5.02. The molecule has 0 saturated carbocycles. The van der Waals surface area contributed by atoms with Crippen molar-refractivity contribution in [3.05, 3.63) is 59.1 Å². The van der Waals surface area contributed by atoms with Crippen LogP contribution in [0.1, 0.15) is 5.56 Å². The maximum atomic E-state index is 12.5. The Morgan fingerprint density at radius 3 is 2.56 bits per heavy atom. The predicted molar refractivity (Wildman–Crippen MR) is 99.3 cm³/mol. The lowest BCUT2D eigenvalue weighted by atomic mass is 10.2. The van der Waals surface area contributed by atoms with Crippen LogP contribution in [0, 0.1) is 6.92 Å². The molecule has 0 amide bonds. The Morgan fingerprint density at radius 2 is 1.89 bits per heavy atom. The topological polar surface area (TPSA) is 129 Å². The summed E-state index contributed by atoms with van der Waals surface area (Å²) in [6.45, 7) is 1.68. The van der Waals surface area contributed by atoms with Gasteiger partial charge in [-0.3, -0.25) is 4.72 Å². The van der Waals surface area contributed by atoms with E-state index in [0.29, 0.717) is 10.2 Å². The fourth-order valence-electron chi connectivity index (χ4n) is 2.13. The van der Waals surface area contributed by atoms with Crippen molar-refractivity contribution >= 4 is 39.4 Å². The van der Waals surface area contributed by atoms with Gasteiger partial charge in [0.05, 0.1) is 10.7 Å². The minimum Gasteiger partial charge on any atom is -0.409 e. The Morgan fingerprint density at radius 1 is 1.19 bits per heavy atom. The first-order valence-electron chi connectivity index (χ1n) is 7.55. The van der Waals surface area contributed by atoms with E-state index in [2.05, 4.69) is 14.8 Å². The lowest BCUT2D eigenvalue weighted by molar-refractivity contribution is 0.199. The second-order valence-corrected chi connectivity index (χ2v) is 7.37. The molecular weight excluding hydrogens is 394 g/mol. The zero-order chi connectivity index (χ0) is 19.6. The third kappa shape index (κ3) is 4.01. The van der Waals surface area contributed by atoms with E-state index >= 15 is 0 Å². The minimum atomic E-state index is -4.23. The first kappa shape index (κ1) is 18.7. The van der Waals surface area contributed by atoms with Crippen molar-refractivity contribution in [3.63, 3.8) is 0 Å². The fourth-order valence-corrected chi connectivity index (χ4v) is 3.49. The minimum absolute atomic E-state index is 0.181. The van der Waals surface area contributed by atoms with Crippen molar-refractivity contribution in [2.75, 3.05) is 10.5 Å². The number of aryl methyl sites for hydroxylation is 1. The second-order valence-electron chi connectivity index (χ2n) is 5.38. The summed E-state index contributed by atoms with van der Waals surface area (Å²) in [6.07, 6.45) is -0.999.